The van der Waals surface area contributed by atoms with Gasteiger partial charge in [0.2, 0.25) is 0 Å². The van der Waals surface area contributed by atoms with Crippen molar-refractivity contribution in [3.8, 4) is 0 Å². The van der Waals surface area contributed by atoms with Crippen molar-refractivity contribution in [1.82, 2.24) is 9.80 Å². The summed E-state index contributed by atoms with van der Waals surface area (Å²) in [6.07, 6.45) is 3.69. The smallest absolute Gasteiger partial charge is 0.124 e. The van der Waals surface area contributed by atoms with Gasteiger partial charge >= 0.3 is 0 Å². The summed E-state index contributed by atoms with van der Waals surface area (Å²) < 4.78 is 13.2. The number of hydrogen-bond acceptors (Lipinski definition) is 3. The first-order chi connectivity index (χ1) is 9.89. The predicted molar refractivity (Wildman–Crippen MR) is 86.1 cm³/mol. The Kier molecular flexibility index (Phi) is 5.25. The van der Waals surface area contributed by atoms with E-state index in [0.29, 0.717) is 11.6 Å². The second-order valence-electron chi connectivity index (χ2n) is 6.30. The minimum Gasteiger partial charge on any atom is -0.329 e. The summed E-state index contributed by atoms with van der Waals surface area (Å²) in [5.74, 6) is -0.314. The highest BCUT2D eigenvalue weighted by atomic mass is 35.5. The highest BCUT2D eigenvalue weighted by molar-refractivity contribution is 6.31. The maximum Gasteiger partial charge on any atom is 0.124 e. The van der Waals surface area contributed by atoms with E-state index in [4.69, 9.17) is 17.3 Å². The fourth-order valence-electron chi connectivity index (χ4n) is 3.22. The zero-order valence-corrected chi connectivity index (χ0v) is 13.8. The molecule has 0 saturated heterocycles. The summed E-state index contributed by atoms with van der Waals surface area (Å²) in [5.41, 5.74) is 7.09. The number of hydrogen-bond donors (Lipinski definition) is 1. The van der Waals surface area contributed by atoms with E-state index in [9.17, 15) is 4.39 Å². The van der Waals surface area contributed by atoms with Crippen LogP contribution in [0.4, 0.5) is 4.39 Å². The average Bonchev–Trinajstić information content (AvgIpc) is 2.36. The molecule has 1 aromatic carbocycles. The number of nitrogens with zero attached hydrogens (tertiary/aromatic N) is 2. The summed E-state index contributed by atoms with van der Waals surface area (Å²) in [5, 5.41) is 0.449. The van der Waals surface area contributed by atoms with Crippen LogP contribution in [0.1, 0.15) is 30.9 Å². The molecule has 1 aliphatic carbocycles. The standard InChI is InChI=1S/C16H25ClFN3/c1-20(2)16(7-4-8-16)11-21(3)15(10-19)13-6-5-12(18)9-14(13)17/h5-6,9,15H,4,7-8,10-11,19H2,1-3H3. The molecule has 0 heterocycles. The van der Waals surface area contributed by atoms with Gasteiger partial charge in [0.15, 0.2) is 0 Å². The molecular weight excluding hydrogens is 289 g/mol. The lowest BCUT2D eigenvalue weighted by molar-refractivity contribution is 0.0168. The summed E-state index contributed by atoms with van der Waals surface area (Å²) >= 11 is 6.20. The van der Waals surface area contributed by atoms with E-state index in [0.717, 1.165) is 12.1 Å². The molecule has 1 atom stereocenters. The molecule has 2 rings (SSSR count). The van der Waals surface area contributed by atoms with Crippen LogP contribution < -0.4 is 5.73 Å². The van der Waals surface area contributed by atoms with Gasteiger partial charge < -0.3 is 10.6 Å². The van der Waals surface area contributed by atoms with E-state index < -0.39 is 0 Å². The van der Waals surface area contributed by atoms with Crippen molar-refractivity contribution < 1.29 is 4.39 Å². The van der Waals surface area contributed by atoms with E-state index in [2.05, 4.69) is 30.9 Å². The maximum absolute atomic E-state index is 13.2. The molecule has 1 unspecified atom stereocenters. The molecule has 21 heavy (non-hydrogen) atoms. The lowest BCUT2D eigenvalue weighted by Gasteiger charge is -2.50. The Morgan fingerprint density at radius 3 is 2.43 bits per heavy atom. The summed E-state index contributed by atoms with van der Waals surface area (Å²) in [7, 11) is 6.34. The summed E-state index contributed by atoms with van der Waals surface area (Å²) in [4.78, 5) is 4.56. The quantitative estimate of drug-likeness (QED) is 0.876. The molecule has 0 aromatic heterocycles. The molecular formula is C16H25ClFN3. The first kappa shape index (κ1) is 16.7. The third-order valence-corrected chi connectivity index (χ3v) is 5.18. The normalized spacial score (nSPS) is 18.9. The molecule has 5 heteroatoms. The number of likely N-dealkylation sites (N-methyl/N-ethyl adjacent to an activating group) is 2. The van der Waals surface area contributed by atoms with Gasteiger partial charge in [0.1, 0.15) is 5.82 Å². The highest BCUT2D eigenvalue weighted by Crippen LogP contribution is 2.38. The molecule has 1 fully saturated rings. The second-order valence-corrected chi connectivity index (χ2v) is 6.71. The topological polar surface area (TPSA) is 32.5 Å². The molecule has 0 aliphatic heterocycles. The van der Waals surface area contributed by atoms with Crippen molar-refractivity contribution >= 4 is 11.6 Å². The first-order valence-electron chi connectivity index (χ1n) is 7.42. The van der Waals surface area contributed by atoms with Crippen LogP contribution in [-0.2, 0) is 0 Å². The molecule has 3 nitrogen and oxygen atoms in total. The lowest BCUT2D eigenvalue weighted by atomic mass is 9.75. The molecule has 0 radical (unpaired) electrons. The van der Waals surface area contributed by atoms with Gasteiger partial charge in [-0.05, 0) is 58.1 Å². The average molecular weight is 314 g/mol. The van der Waals surface area contributed by atoms with Gasteiger partial charge in [0.25, 0.3) is 0 Å². The van der Waals surface area contributed by atoms with Crippen LogP contribution in [0, 0.1) is 5.82 Å². The Hall–Kier alpha value is -0.680. The van der Waals surface area contributed by atoms with Gasteiger partial charge in [0.05, 0.1) is 0 Å². The van der Waals surface area contributed by atoms with E-state index in [1.807, 2.05) is 0 Å². The van der Waals surface area contributed by atoms with Crippen molar-refractivity contribution in [2.24, 2.45) is 5.73 Å². The fourth-order valence-corrected chi connectivity index (χ4v) is 3.52. The van der Waals surface area contributed by atoms with Gasteiger partial charge in [-0.15, -0.1) is 0 Å². The second kappa shape index (κ2) is 6.61. The van der Waals surface area contributed by atoms with E-state index in [1.54, 1.807) is 6.07 Å². The first-order valence-corrected chi connectivity index (χ1v) is 7.80. The molecule has 0 amide bonds. The zero-order chi connectivity index (χ0) is 15.6. The zero-order valence-electron chi connectivity index (χ0n) is 13.1. The Morgan fingerprint density at radius 2 is 2.00 bits per heavy atom. The molecule has 118 valence electrons. The molecule has 0 spiro atoms. The van der Waals surface area contributed by atoms with Crippen LogP contribution in [0.3, 0.4) is 0 Å². The maximum atomic E-state index is 13.2. The van der Waals surface area contributed by atoms with Crippen molar-refractivity contribution in [2.75, 3.05) is 34.2 Å². The Labute approximate surface area is 131 Å². The third-order valence-electron chi connectivity index (χ3n) is 4.85. The Balaban J connectivity index is 2.17. The summed E-state index contributed by atoms with van der Waals surface area (Å²) in [6, 6.07) is 4.56. The van der Waals surface area contributed by atoms with Gasteiger partial charge in [-0.1, -0.05) is 17.7 Å². The number of nitrogens with two attached hydrogens (primary N) is 1. The van der Waals surface area contributed by atoms with Crippen LogP contribution in [0.15, 0.2) is 18.2 Å². The van der Waals surface area contributed by atoms with Gasteiger partial charge in [-0.25, -0.2) is 4.39 Å². The largest absolute Gasteiger partial charge is 0.329 e. The lowest BCUT2D eigenvalue weighted by Crippen LogP contribution is -2.57. The van der Waals surface area contributed by atoms with E-state index in [1.165, 1.54) is 31.4 Å². The molecule has 0 bridgehead atoms. The van der Waals surface area contributed by atoms with E-state index >= 15 is 0 Å². The predicted octanol–water partition coefficient (Wildman–Crippen LogP) is 2.90. The van der Waals surface area contributed by atoms with Crippen molar-refractivity contribution in [3.63, 3.8) is 0 Å². The third kappa shape index (κ3) is 3.39. The van der Waals surface area contributed by atoms with Crippen molar-refractivity contribution in [2.45, 2.75) is 30.8 Å². The minimum absolute atomic E-state index is 0.00975. The number of halogens is 2. The minimum atomic E-state index is -0.314. The number of benzene rings is 1. The highest BCUT2D eigenvalue weighted by Gasteiger charge is 2.40. The van der Waals surface area contributed by atoms with Gasteiger partial charge in [-0.2, -0.15) is 0 Å². The van der Waals surface area contributed by atoms with Crippen LogP contribution in [0.2, 0.25) is 5.02 Å². The van der Waals surface area contributed by atoms with Gasteiger partial charge in [-0.3, -0.25) is 4.90 Å². The fraction of sp³-hybridized carbons (Fsp3) is 0.625. The van der Waals surface area contributed by atoms with Crippen LogP contribution in [0.5, 0.6) is 0 Å². The monoisotopic (exact) mass is 313 g/mol. The van der Waals surface area contributed by atoms with Crippen LogP contribution >= 0.6 is 11.6 Å². The molecule has 1 aliphatic rings. The van der Waals surface area contributed by atoms with Crippen LogP contribution in [-0.4, -0.2) is 49.6 Å². The van der Waals surface area contributed by atoms with Gasteiger partial charge in [0, 0.05) is 29.7 Å². The summed E-state index contributed by atoms with van der Waals surface area (Å²) in [6.45, 7) is 1.40. The van der Waals surface area contributed by atoms with Crippen molar-refractivity contribution in [3.05, 3.63) is 34.6 Å². The van der Waals surface area contributed by atoms with Crippen LogP contribution in [0.25, 0.3) is 0 Å². The van der Waals surface area contributed by atoms with E-state index in [-0.39, 0.29) is 17.4 Å². The number of rotatable bonds is 6. The molecule has 1 aromatic rings. The Bertz CT molecular complexity index is 488. The molecule has 2 N–H and O–H groups in total. The van der Waals surface area contributed by atoms with Crippen molar-refractivity contribution in [1.29, 1.82) is 0 Å². The Morgan fingerprint density at radius 1 is 1.33 bits per heavy atom. The SMILES string of the molecule is CN(CC1(N(C)C)CCC1)C(CN)c1ccc(F)cc1Cl. The molecule has 1 saturated carbocycles.